The van der Waals surface area contributed by atoms with E-state index in [1.807, 2.05) is 5.56 Å². The Hall–Kier alpha value is -1.48. The molecule has 2 saturated carbocycles. The fourth-order valence-corrected chi connectivity index (χ4v) is 14.5. The highest BCUT2D eigenvalue weighted by Crippen LogP contribution is 2.67. The number of hydrogen-bond acceptors (Lipinski definition) is 0. The van der Waals surface area contributed by atoms with Gasteiger partial charge in [-0.25, -0.2) is 0 Å². The number of hydrogen-bond donors (Lipinski definition) is 0. The minimum atomic E-state index is -0.525. The van der Waals surface area contributed by atoms with Gasteiger partial charge < -0.3 is 0 Å². The van der Waals surface area contributed by atoms with E-state index in [0.717, 1.165) is 17.0 Å². The maximum absolute atomic E-state index is 2.53. The van der Waals surface area contributed by atoms with Crippen molar-refractivity contribution >= 4 is 31.8 Å². The van der Waals surface area contributed by atoms with Gasteiger partial charge in [-0.05, 0) is 84.8 Å². The third kappa shape index (κ3) is 5.04. The Balaban J connectivity index is 1.46. The lowest BCUT2D eigenvalue weighted by Crippen LogP contribution is -2.27. The highest BCUT2D eigenvalue weighted by atomic mass is 31.1. The summed E-state index contributed by atoms with van der Waals surface area (Å²) in [5, 5.41) is 4.69. The van der Waals surface area contributed by atoms with Crippen molar-refractivity contribution in [2.24, 2.45) is 0 Å². The van der Waals surface area contributed by atoms with Crippen LogP contribution in [0.25, 0.3) is 0 Å². The smallest absolute Gasteiger partial charge is 0.00592 e. The predicted octanol–water partition coefficient (Wildman–Crippen LogP) is 8.58. The average Bonchev–Trinajstić information content (AvgIpc) is 3.36. The maximum Gasteiger partial charge on any atom is 0.00592 e. The zero-order valence-corrected chi connectivity index (χ0v) is 22.9. The van der Waals surface area contributed by atoms with Crippen molar-refractivity contribution in [3.05, 3.63) is 90.0 Å². The van der Waals surface area contributed by atoms with Crippen LogP contribution in [0.15, 0.2) is 78.9 Å². The van der Waals surface area contributed by atoms with Gasteiger partial charge in [0.15, 0.2) is 0 Å². The summed E-state index contributed by atoms with van der Waals surface area (Å²) >= 11 is 0. The molecule has 35 heavy (non-hydrogen) atoms. The summed E-state index contributed by atoms with van der Waals surface area (Å²) in [5.74, 6) is 0. The van der Waals surface area contributed by atoms with Crippen molar-refractivity contribution < 1.29 is 0 Å². The highest BCUT2D eigenvalue weighted by Gasteiger charge is 2.41. The molecular formula is C33H40P2. The molecule has 0 spiro atoms. The van der Waals surface area contributed by atoms with E-state index in [9.17, 15) is 0 Å². The molecule has 2 heteroatoms. The van der Waals surface area contributed by atoms with E-state index in [4.69, 9.17) is 0 Å². The molecule has 6 rings (SSSR count). The highest BCUT2D eigenvalue weighted by molar-refractivity contribution is 7.80. The van der Waals surface area contributed by atoms with Crippen LogP contribution < -0.4 is 15.9 Å². The second-order valence-electron chi connectivity index (χ2n) is 10.9. The van der Waals surface area contributed by atoms with E-state index >= 15 is 0 Å². The van der Waals surface area contributed by atoms with Gasteiger partial charge in [-0.1, -0.05) is 125 Å². The number of fused-ring (bicyclic) bond motifs is 1. The minimum absolute atomic E-state index is 0.0469. The van der Waals surface area contributed by atoms with E-state index in [1.54, 1.807) is 10.9 Å². The number of benzene rings is 3. The summed E-state index contributed by atoms with van der Waals surface area (Å²) in [6.45, 7) is 0. The van der Waals surface area contributed by atoms with E-state index in [2.05, 4.69) is 78.9 Å². The van der Waals surface area contributed by atoms with Crippen LogP contribution in [-0.2, 0) is 6.42 Å². The molecule has 1 atom stereocenters. The van der Waals surface area contributed by atoms with E-state index < -0.39 is 7.92 Å². The predicted molar refractivity (Wildman–Crippen MR) is 157 cm³/mol. The molecule has 0 amide bonds. The van der Waals surface area contributed by atoms with E-state index in [-0.39, 0.29) is 7.92 Å². The monoisotopic (exact) mass is 498 g/mol. The third-order valence-electron chi connectivity index (χ3n) is 8.82. The topological polar surface area (TPSA) is 0 Å². The van der Waals surface area contributed by atoms with Gasteiger partial charge in [0, 0.05) is 5.66 Å². The van der Waals surface area contributed by atoms with E-state index in [0.29, 0.717) is 0 Å². The van der Waals surface area contributed by atoms with Gasteiger partial charge in [0.2, 0.25) is 0 Å². The first-order valence-electron chi connectivity index (χ1n) is 14.2. The molecule has 3 aliphatic carbocycles. The van der Waals surface area contributed by atoms with Gasteiger partial charge in [-0.2, -0.15) is 0 Å². The summed E-state index contributed by atoms with van der Waals surface area (Å²) in [6.07, 6.45) is 17.7. The van der Waals surface area contributed by atoms with E-state index in [1.165, 1.54) is 87.7 Å². The quantitative estimate of drug-likeness (QED) is 0.299. The van der Waals surface area contributed by atoms with Crippen LogP contribution in [0.5, 0.6) is 0 Å². The molecule has 0 heterocycles. The Labute approximate surface area is 215 Å². The first-order chi connectivity index (χ1) is 17.4. The molecule has 0 N–H and O–H groups in total. The zero-order chi connectivity index (χ0) is 23.5. The fourth-order valence-electron chi connectivity index (χ4n) is 7.28. The molecule has 2 fully saturated rings. The SMILES string of the molecule is c1ccc(P(c2ccccc2)c2cccc3c2[C@@H](P(C2CCCCC2)C2CCCCC2)CC3)cc1. The first-order valence-corrected chi connectivity index (χ1v) is 17.1. The molecule has 3 aromatic rings. The maximum atomic E-state index is 2.53. The van der Waals surface area contributed by atoms with Crippen LogP contribution in [-0.4, -0.2) is 11.3 Å². The summed E-state index contributed by atoms with van der Waals surface area (Å²) < 4.78 is 0. The molecule has 0 nitrogen and oxygen atoms in total. The van der Waals surface area contributed by atoms with Crippen LogP contribution in [0.2, 0.25) is 0 Å². The van der Waals surface area contributed by atoms with Crippen molar-refractivity contribution in [1.29, 1.82) is 0 Å². The van der Waals surface area contributed by atoms with Gasteiger partial charge in [0.1, 0.15) is 0 Å². The molecule has 0 unspecified atom stereocenters. The molecular weight excluding hydrogens is 458 g/mol. The van der Waals surface area contributed by atoms with Crippen molar-refractivity contribution in [3.8, 4) is 0 Å². The molecule has 0 radical (unpaired) electrons. The standard InChI is InChI=1S/C33H40P2/c1-5-15-27(16-6-1)34(28-17-7-2-8-18-28)31-23-13-14-26-24-25-32(33(26)31)35(29-19-9-3-10-20-29)30-21-11-4-12-22-30/h1-2,5-8,13-18,23,29-30,32H,3-4,9-12,19-22,24-25H2/t32-/m0/s1. The van der Waals surface area contributed by atoms with Crippen molar-refractivity contribution in [2.45, 2.75) is 94.0 Å². The van der Waals surface area contributed by atoms with Crippen LogP contribution in [0.4, 0.5) is 0 Å². The summed E-state index contributed by atoms with van der Waals surface area (Å²) in [4.78, 5) is 0. The molecule has 0 saturated heterocycles. The summed E-state index contributed by atoms with van der Waals surface area (Å²) in [7, 11) is -0.478. The number of rotatable bonds is 6. The summed E-state index contributed by atoms with van der Waals surface area (Å²) in [5.41, 5.74) is 6.37. The lowest BCUT2D eigenvalue weighted by molar-refractivity contribution is 0.480. The van der Waals surface area contributed by atoms with Gasteiger partial charge >= 0.3 is 0 Å². The average molecular weight is 499 g/mol. The first kappa shape index (κ1) is 23.9. The van der Waals surface area contributed by atoms with Crippen LogP contribution in [0, 0.1) is 0 Å². The molecule has 0 bridgehead atoms. The molecule has 182 valence electrons. The zero-order valence-electron chi connectivity index (χ0n) is 21.1. The lowest BCUT2D eigenvalue weighted by Gasteiger charge is -2.43. The Morgan fingerprint density at radius 2 is 1.06 bits per heavy atom. The number of aryl methyl sites for hydroxylation is 1. The largest absolute Gasteiger partial charge is 0.0926 e. The second kappa shape index (κ2) is 11.3. The molecule has 3 aromatic carbocycles. The summed E-state index contributed by atoms with van der Waals surface area (Å²) in [6, 6.07) is 30.2. The van der Waals surface area contributed by atoms with Crippen LogP contribution in [0.1, 0.15) is 87.4 Å². The minimum Gasteiger partial charge on any atom is -0.0926 e. The second-order valence-corrected chi connectivity index (χ2v) is 16.1. The van der Waals surface area contributed by atoms with Gasteiger partial charge in [-0.3, -0.25) is 0 Å². The van der Waals surface area contributed by atoms with Crippen LogP contribution >= 0.6 is 15.8 Å². The Morgan fingerprint density at radius 1 is 0.514 bits per heavy atom. The third-order valence-corrected chi connectivity index (χ3v) is 15.3. The molecule has 0 aliphatic heterocycles. The lowest BCUT2D eigenvalue weighted by atomic mass is 9.99. The van der Waals surface area contributed by atoms with Crippen molar-refractivity contribution in [2.75, 3.05) is 0 Å². The normalized spacial score (nSPS) is 21.5. The van der Waals surface area contributed by atoms with Crippen LogP contribution in [0.3, 0.4) is 0 Å². The fraction of sp³-hybridized carbons (Fsp3) is 0.455. The van der Waals surface area contributed by atoms with Gasteiger partial charge in [0.05, 0.1) is 0 Å². The van der Waals surface area contributed by atoms with Crippen molar-refractivity contribution in [1.82, 2.24) is 0 Å². The van der Waals surface area contributed by atoms with Gasteiger partial charge in [-0.15, -0.1) is 0 Å². The van der Waals surface area contributed by atoms with Gasteiger partial charge in [0.25, 0.3) is 0 Å². The Morgan fingerprint density at radius 3 is 1.60 bits per heavy atom. The molecule has 3 aliphatic rings. The van der Waals surface area contributed by atoms with Crippen molar-refractivity contribution in [3.63, 3.8) is 0 Å². The Bertz CT molecular complexity index is 1020. The molecule has 0 aromatic heterocycles. The Kier molecular flexibility index (Phi) is 7.70.